The molecule has 2 heterocycles. The predicted octanol–water partition coefficient (Wildman–Crippen LogP) is 4.86. The third kappa shape index (κ3) is 4.61. The molecule has 0 radical (unpaired) electrons. The maximum atomic E-state index is 6.33. The number of benzene rings is 1. The summed E-state index contributed by atoms with van der Waals surface area (Å²) >= 11 is 0. The van der Waals surface area contributed by atoms with E-state index in [0.717, 1.165) is 38.6 Å². The molecule has 3 heteroatoms. The van der Waals surface area contributed by atoms with Gasteiger partial charge in [0.1, 0.15) is 0 Å². The first-order valence-electron chi connectivity index (χ1n) is 10.6. The summed E-state index contributed by atoms with van der Waals surface area (Å²) in [4.78, 5) is 2.67. The Morgan fingerprint density at radius 1 is 1.27 bits per heavy atom. The number of ether oxygens (including phenoxy) is 1. The molecular formula is C23H38N2O. The van der Waals surface area contributed by atoms with E-state index in [1.807, 2.05) is 0 Å². The summed E-state index contributed by atoms with van der Waals surface area (Å²) in [7, 11) is 0. The van der Waals surface area contributed by atoms with Crippen molar-refractivity contribution >= 4 is 5.69 Å². The van der Waals surface area contributed by atoms with Gasteiger partial charge < -0.3 is 15.4 Å². The van der Waals surface area contributed by atoms with Crippen LogP contribution in [0.25, 0.3) is 0 Å². The van der Waals surface area contributed by atoms with Crippen LogP contribution in [0.5, 0.6) is 0 Å². The van der Waals surface area contributed by atoms with Crippen LogP contribution in [-0.4, -0.2) is 26.3 Å². The summed E-state index contributed by atoms with van der Waals surface area (Å²) in [5, 5.41) is 0. The van der Waals surface area contributed by atoms with Gasteiger partial charge in [0.2, 0.25) is 0 Å². The molecule has 0 saturated carbocycles. The number of aryl methyl sites for hydroxylation is 1. The topological polar surface area (TPSA) is 38.5 Å². The molecule has 0 aromatic heterocycles. The third-order valence-electron chi connectivity index (χ3n) is 6.33. The van der Waals surface area contributed by atoms with Crippen molar-refractivity contribution in [3.05, 3.63) is 28.8 Å². The maximum absolute atomic E-state index is 6.33. The van der Waals surface area contributed by atoms with Crippen molar-refractivity contribution in [1.82, 2.24) is 0 Å². The van der Waals surface area contributed by atoms with Crippen LogP contribution in [0.15, 0.2) is 12.1 Å². The van der Waals surface area contributed by atoms with Gasteiger partial charge in [-0.05, 0) is 79.5 Å². The molecule has 0 spiro atoms. The van der Waals surface area contributed by atoms with E-state index in [9.17, 15) is 0 Å². The standard InChI is InChI=1S/C23H38N2O/c1-5-19-13-20-15-23(3,4)9-10-25(22(20)14-21(19)17(2)24)16-18-7-6-11-26-12-8-18/h13-14,17-18H,5-12,15-16,24H2,1-4H3. The summed E-state index contributed by atoms with van der Waals surface area (Å²) in [6.45, 7) is 13.4. The lowest BCUT2D eigenvalue weighted by Gasteiger charge is -2.30. The fraction of sp³-hybridized carbons (Fsp3) is 0.739. The molecule has 3 rings (SSSR count). The van der Waals surface area contributed by atoms with Crippen LogP contribution in [0, 0.1) is 11.3 Å². The van der Waals surface area contributed by atoms with Crippen LogP contribution >= 0.6 is 0 Å². The molecule has 2 aliphatic heterocycles. The summed E-state index contributed by atoms with van der Waals surface area (Å²) in [6, 6.07) is 4.98. The number of rotatable bonds is 4. The number of fused-ring (bicyclic) bond motifs is 1. The quantitative estimate of drug-likeness (QED) is 0.835. The molecule has 146 valence electrons. The summed E-state index contributed by atoms with van der Waals surface area (Å²) < 4.78 is 5.69. The second kappa shape index (κ2) is 8.31. The van der Waals surface area contributed by atoms with E-state index >= 15 is 0 Å². The third-order valence-corrected chi connectivity index (χ3v) is 6.33. The second-order valence-electron chi connectivity index (χ2n) is 9.27. The first kappa shape index (κ1) is 19.7. The number of anilines is 1. The molecule has 1 saturated heterocycles. The Morgan fingerprint density at radius 2 is 2.08 bits per heavy atom. The predicted molar refractivity (Wildman–Crippen MR) is 111 cm³/mol. The molecule has 0 aliphatic carbocycles. The lowest BCUT2D eigenvalue weighted by Crippen LogP contribution is -2.32. The van der Waals surface area contributed by atoms with Gasteiger partial charge in [-0.1, -0.05) is 26.8 Å². The van der Waals surface area contributed by atoms with E-state index in [1.54, 1.807) is 0 Å². The zero-order chi connectivity index (χ0) is 18.7. The Balaban J connectivity index is 1.95. The van der Waals surface area contributed by atoms with Crippen LogP contribution in [0.4, 0.5) is 5.69 Å². The van der Waals surface area contributed by atoms with Crippen LogP contribution in [0.3, 0.4) is 0 Å². The highest BCUT2D eigenvalue weighted by Gasteiger charge is 2.29. The minimum Gasteiger partial charge on any atom is -0.381 e. The van der Waals surface area contributed by atoms with Crippen molar-refractivity contribution in [2.24, 2.45) is 17.1 Å². The fourth-order valence-corrected chi connectivity index (χ4v) is 4.68. The van der Waals surface area contributed by atoms with Gasteiger partial charge in [-0.2, -0.15) is 0 Å². The smallest absolute Gasteiger partial charge is 0.0469 e. The summed E-state index contributed by atoms with van der Waals surface area (Å²) in [6.07, 6.45) is 7.17. The van der Waals surface area contributed by atoms with Crippen molar-refractivity contribution < 1.29 is 4.74 Å². The number of nitrogens with two attached hydrogens (primary N) is 1. The number of hydrogen-bond donors (Lipinski definition) is 1. The van der Waals surface area contributed by atoms with Crippen molar-refractivity contribution in [3.63, 3.8) is 0 Å². The lowest BCUT2D eigenvalue weighted by molar-refractivity contribution is 0.141. The second-order valence-corrected chi connectivity index (χ2v) is 9.27. The van der Waals surface area contributed by atoms with Gasteiger partial charge in [0.25, 0.3) is 0 Å². The average Bonchev–Trinajstić information content (AvgIpc) is 2.91. The normalized spacial score (nSPS) is 24.5. The molecule has 1 fully saturated rings. The molecule has 2 aliphatic rings. The lowest BCUT2D eigenvalue weighted by atomic mass is 9.82. The van der Waals surface area contributed by atoms with E-state index in [1.165, 1.54) is 54.5 Å². The zero-order valence-corrected chi connectivity index (χ0v) is 17.3. The van der Waals surface area contributed by atoms with E-state index in [4.69, 9.17) is 10.5 Å². The van der Waals surface area contributed by atoms with Gasteiger partial charge in [0.05, 0.1) is 0 Å². The Bertz CT molecular complexity index is 600. The molecule has 3 nitrogen and oxygen atoms in total. The molecule has 0 bridgehead atoms. The molecule has 1 aromatic rings. The maximum Gasteiger partial charge on any atom is 0.0469 e. The van der Waals surface area contributed by atoms with Crippen molar-refractivity contribution in [2.45, 2.75) is 72.3 Å². The molecule has 2 unspecified atom stereocenters. The fourth-order valence-electron chi connectivity index (χ4n) is 4.68. The zero-order valence-electron chi connectivity index (χ0n) is 17.3. The molecule has 2 N–H and O–H groups in total. The minimum absolute atomic E-state index is 0.0969. The number of nitrogens with zero attached hydrogens (tertiary/aromatic N) is 1. The summed E-state index contributed by atoms with van der Waals surface area (Å²) in [5.41, 5.74) is 12.4. The molecule has 0 amide bonds. The first-order valence-corrected chi connectivity index (χ1v) is 10.6. The Kier molecular flexibility index (Phi) is 6.29. The highest BCUT2D eigenvalue weighted by Crippen LogP contribution is 2.39. The monoisotopic (exact) mass is 358 g/mol. The summed E-state index contributed by atoms with van der Waals surface area (Å²) in [5.74, 6) is 0.746. The van der Waals surface area contributed by atoms with Crippen molar-refractivity contribution in [3.8, 4) is 0 Å². The Labute approximate surface area is 160 Å². The van der Waals surface area contributed by atoms with E-state index < -0.39 is 0 Å². The van der Waals surface area contributed by atoms with E-state index in [2.05, 4.69) is 44.7 Å². The van der Waals surface area contributed by atoms with Gasteiger partial charge in [-0.15, -0.1) is 0 Å². The first-order chi connectivity index (χ1) is 12.4. The van der Waals surface area contributed by atoms with Crippen LogP contribution in [0.1, 0.15) is 76.1 Å². The minimum atomic E-state index is 0.0969. The van der Waals surface area contributed by atoms with Gasteiger partial charge >= 0.3 is 0 Å². The van der Waals surface area contributed by atoms with Gasteiger partial charge in [-0.25, -0.2) is 0 Å². The van der Waals surface area contributed by atoms with E-state index in [-0.39, 0.29) is 6.04 Å². The van der Waals surface area contributed by atoms with Crippen LogP contribution < -0.4 is 10.6 Å². The van der Waals surface area contributed by atoms with Crippen LogP contribution in [-0.2, 0) is 17.6 Å². The highest BCUT2D eigenvalue weighted by molar-refractivity contribution is 5.59. The average molecular weight is 359 g/mol. The molecule has 1 aromatic carbocycles. The van der Waals surface area contributed by atoms with Gasteiger partial charge in [0.15, 0.2) is 0 Å². The van der Waals surface area contributed by atoms with Crippen LogP contribution in [0.2, 0.25) is 0 Å². The van der Waals surface area contributed by atoms with Crippen molar-refractivity contribution in [2.75, 3.05) is 31.2 Å². The SMILES string of the molecule is CCc1cc2c(cc1C(C)N)N(CC1CCCOCC1)CCC(C)(C)C2. The van der Waals surface area contributed by atoms with Gasteiger partial charge in [0, 0.05) is 38.0 Å². The van der Waals surface area contributed by atoms with Crippen molar-refractivity contribution in [1.29, 1.82) is 0 Å². The molecule has 2 atom stereocenters. The Hall–Kier alpha value is -1.06. The number of hydrogen-bond acceptors (Lipinski definition) is 3. The largest absolute Gasteiger partial charge is 0.381 e. The highest BCUT2D eigenvalue weighted by atomic mass is 16.5. The van der Waals surface area contributed by atoms with E-state index in [0.29, 0.717) is 5.41 Å². The Morgan fingerprint density at radius 3 is 2.81 bits per heavy atom. The van der Waals surface area contributed by atoms with Gasteiger partial charge in [-0.3, -0.25) is 0 Å². The molecule has 26 heavy (non-hydrogen) atoms. The molecular weight excluding hydrogens is 320 g/mol.